The van der Waals surface area contributed by atoms with E-state index in [0.717, 1.165) is 30.8 Å². The second-order valence-electron chi connectivity index (χ2n) is 10.5. The zero-order valence-corrected chi connectivity index (χ0v) is 17.0. The number of rotatable bonds is 5. The number of aryl methyl sites for hydroxylation is 1. The van der Waals surface area contributed by atoms with Gasteiger partial charge in [-0.1, -0.05) is 18.2 Å². The van der Waals surface area contributed by atoms with Gasteiger partial charge in [0.2, 0.25) is 0 Å². The lowest BCUT2D eigenvalue weighted by atomic mass is 9.53. The van der Waals surface area contributed by atoms with E-state index in [2.05, 4.69) is 34.1 Å². The normalized spacial score (nSPS) is 34.7. The van der Waals surface area contributed by atoms with Crippen molar-refractivity contribution in [2.75, 3.05) is 6.54 Å². The molecule has 150 valence electrons. The number of nitrogens with zero attached hydrogens (tertiary/aromatic N) is 1. The summed E-state index contributed by atoms with van der Waals surface area (Å²) in [6.07, 6.45) is 13.1. The monoisotopic (exact) mass is 378 g/mol. The largest absolute Gasteiger partial charge is 0.390 e. The summed E-state index contributed by atoms with van der Waals surface area (Å²) in [6, 6.07) is 8.82. The number of hydrogen-bond acceptors (Lipinski definition) is 2. The minimum Gasteiger partial charge on any atom is -0.390 e. The molecule has 7 rings (SSSR count). The lowest BCUT2D eigenvalue weighted by Crippen LogP contribution is -2.59. The highest BCUT2D eigenvalue weighted by molar-refractivity contribution is 5.85. The highest BCUT2D eigenvalue weighted by Crippen LogP contribution is 2.55. The average molecular weight is 379 g/mol. The summed E-state index contributed by atoms with van der Waals surface area (Å²) < 4.78 is 2.44. The van der Waals surface area contributed by atoms with Gasteiger partial charge in [0, 0.05) is 28.7 Å². The van der Waals surface area contributed by atoms with E-state index in [0.29, 0.717) is 5.54 Å². The van der Waals surface area contributed by atoms with Crippen molar-refractivity contribution in [2.24, 2.45) is 17.8 Å². The van der Waals surface area contributed by atoms with Gasteiger partial charge < -0.3 is 15.0 Å². The molecule has 4 fully saturated rings. The predicted octanol–water partition coefficient (Wildman–Crippen LogP) is 4.44. The molecule has 5 aliphatic rings. The van der Waals surface area contributed by atoms with Crippen LogP contribution in [0.5, 0.6) is 0 Å². The Balaban J connectivity index is 1.20. The van der Waals surface area contributed by atoms with Crippen molar-refractivity contribution >= 4 is 10.9 Å². The van der Waals surface area contributed by atoms with Crippen molar-refractivity contribution in [3.8, 4) is 0 Å². The van der Waals surface area contributed by atoms with E-state index in [1.54, 1.807) is 5.56 Å². The van der Waals surface area contributed by atoms with E-state index in [1.165, 1.54) is 80.8 Å². The first-order valence-corrected chi connectivity index (χ1v) is 11.7. The Hall–Kier alpha value is -1.32. The molecule has 5 aliphatic carbocycles. The topological polar surface area (TPSA) is 37.2 Å². The summed E-state index contributed by atoms with van der Waals surface area (Å²) in [5, 5.41) is 16.3. The Morgan fingerprint density at radius 1 is 1.00 bits per heavy atom. The van der Waals surface area contributed by atoms with Crippen molar-refractivity contribution in [1.29, 1.82) is 0 Å². The number of aromatic nitrogens is 1. The summed E-state index contributed by atoms with van der Waals surface area (Å²) in [7, 11) is 0. The molecule has 1 heterocycles. The third kappa shape index (κ3) is 2.85. The Morgan fingerprint density at radius 2 is 1.68 bits per heavy atom. The van der Waals surface area contributed by atoms with Crippen LogP contribution in [0.1, 0.15) is 62.6 Å². The SMILES string of the molecule is OC(CNC12CC3CC(CC(C3)C1)C2)Cn1c2c(c3ccccc31)CCCC2. The second kappa shape index (κ2) is 6.60. The van der Waals surface area contributed by atoms with Crippen LogP contribution in [0.4, 0.5) is 0 Å². The number of benzene rings is 1. The molecule has 2 N–H and O–H groups in total. The fourth-order valence-corrected chi connectivity index (χ4v) is 7.73. The van der Waals surface area contributed by atoms with Crippen molar-refractivity contribution in [3.05, 3.63) is 35.5 Å². The van der Waals surface area contributed by atoms with Gasteiger partial charge in [-0.3, -0.25) is 0 Å². The summed E-state index contributed by atoms with van der Waals surface area (Å²) in [4.78, 5) is 0. The predicted molar refractivity (Wildman–Crippen MR) is 113 cm³/mol. The van der Waals surface area contributed by atoms with Gasteiger partial charge in [-0.15, -0.1) is 0 Å². The van der Waals surface area contributed by atoms with Gasteiger partial charge in [0.15, 0.2) is 0 Å². The van der Waals surface area contributed by atoms with Gasteiger partial charge in [-0.25, -0.2) is 0 Å². The number of aliphatic hydroxyl groups is 1. The van der Waals surface area contributed by atoms with E-state index < -0.39 is 0 Å². The number of nitrogens with one attached hydrogen (secondary N) is 1. The summed E-state index contributed by atoms with van der Waals surface area (Å²) in [5.74, 6) is 2.86. The number of para-hydroxylation sites is 1. The third-order valence-electron chi connectivity index (χ3n) is 8.43. The molecular formula is C25H34N2O. The molecule has 4 saturated carbocycles. The van der Waals surface area contributed by atoms with Crippen LogP contribution in [-0.4, -0.2) is 27.9 Å². The maximum atomic E-state index is 11.0. The molecule has 28 heavy (non-hydrogen) atoms. The molecule has 0 amide bonds. The summed E-state index contributed by atoms with van der Waals surface area (Å²) in [6.45, 7) is 1.47. The Kier molecular flexibility index (Phi) is 4.13. The zero-order chi connectivity index (χ0) is 18.7. The highest BCUT2D eigenvalue weighted by Gasteiger charge is 2.50. The standard InChI is InChI=1S/C25H34N2O/c28-20(15-26-25-12-17-9-18(13-25)11-19(10-17)14-25)16-27-23-7-3-1-5-21(23)22-6-2-4-8-24(22)27/h1,3,5,7,17-20,26,28H,2,4,6,8-16H2. The molecule has 2 aromatic rings. The van der Waals surface area contributed by atoms with Gasteiger partial charge in [-0.05, 0) is 93.6 Å². The molecule has 1 aromatic heterocycles. The number of aliphatic hydroxyl groups excluding tert-OH is 1. The molecule has 1 aromatic carbocycles. The minimum atomic E-state index is -0.310. The smallest absolute Gasteiger partial charge is 0.0843 e. The Labute approximate surface area is 168 Å². The first kappa shape index (κ1) is 17.5. The van der Waals surface area contributed by atoms with Gasteiger partial charge in [0.1, 0.15) is 0 Å². The van der Waals surface area contributed by atoms with Crippen LogP contribution in [0, 0.1) is 17.8 Å². The second-order valence-corrected chi connectivity index (χ2v) is 10.5. The van der Waals surface area contributed by atoms with Gasteiger partial charge >= 0.3 is 0 Å². The van der Waals surface area contributed by atoms with Crippen molar-refractivity contribution in [2.45, 2.75) is 82.4 Å². The number of hydrogen-bond donors (Lipinski definition) is 2. The van der Waals surface area contributed by atoms with Crippen LogP contribution in [0.15, 0.2) is 24.3 Å². The molecule has 0 saturated heterocycles. The quantitative estimate of drug-likeness (QED) is 0.807. The van der Waals surface area contributed by atoms with Crippen LogP contribution < -0.4 is 5.32 Å². The number of fused-ring (bicyclic) bond motifs is 3. The van der Waals surface area contributed by atoms with E-state index in [1.807, 2.05) is 0 Å². The number of β-amino-alcohol motifs (C(OH)–C–C–N with tert-alkyl or cyclic N) is 1. The molecule has 1 unspecified atom stereocenters. The average Bonchev–Trinajstić information content (AvgIpc) is 3.00. The van der Waals surface area contributed by atoms with Crippen LogP contribution >= 0.6 is 0 Å². The van der Waals surface area contributed by atoms with Crippen LogP contribution in [-0.2, 0) is 19.4 Å². The van der Waals surface area contributed by atoms with Crippen molar-refractivity contribution < 1.29 is 5.11 Å². The fourth-order valence-electron chi connectivity index (χ4n) is 7.73. The van der Waals surface area contributed by atoms with Crippen molar-refractivity contribution in [3.63, 3.8) is 0 Å². The first-order chi connectivity index (χ1) is 13.7. The van der Waals surface area contributed by atoms with Gasteiger partial charge in [0.05, 0.1) is 12.6 Å². The maximum absolute atomic E-state index is 11.0. The van der Waals surface area contributed by atoms with Gasteiger partial charge in [0.25, 0.3) is 0 Å². The molecule has 1 atom stereocenters. The molecular weight excluding hydrogens is 344 g/mol. The summed E-state index contributed by atoms with van der Waals surface area (Å²) in [5.41, 5.74) is 4.70. The zero-order valence-electron chi connectivity index (χ0n) is 17.0. The highest BCUT2D eigenvalue weighted by atomic mass is 16.3. The third-order valence-corrected chi connectivity index (χ3v) is 8.43. The Bertz CT molecular complexity index is 847. The maximum Gasteiger partial charge on any atom is 0.0843 e. The minimum absolute atomic E-state index is 0.310. The fraction of sp³-hybridized carbons (Fsp3) is 0.680. The van der Waals surface area contributed by atoms with E-state index in [4.69, 9.17) is 0 Å². The molecule has 4 bridgehead atoms. The van der Waals surface area contributed by atoms with Crippen molar-refractivity contribution in [1.82, 2.24) is 9.88 Å². The van der Waals surface area contributed by atoms with E-state index in [-0.39, 0.29) is 6.10 Å². The van der Waals surface area contributed by atoms with Gasteiger partial charge in [-0.2, -0.15) is 0 Å². The molecule has 3 heteroatoms. The van der Waals surface area contributed by atoms with Crippen LogP contribution in [0.2, 0.25) is 0 Å². The van der Waals surface area contributed by atoms with Crippen LogP contribution in [0.3, 0.4) is 0 Å². The molecule has 3 nitrogen and oxygen atoms in total. The van der Waals surface area contributed by atoms with E-state index in [9.17, 15) is 5.11 Å². The lowest BCUT2D eigenvalue weighted by Gasteiger charge is -2.57. The summed E-state index contributed by atoms with van der Waals surface area (Å²) >= 11 is 0. The molecule has 0 spiro atoms. The molecule has 0 aliphatic heterocycles. The first-order valence-electron chi connectivity index (χ1n) is 11.7. The Morgan fingerprint density at radius 3 is 2.43 bits per heavy atom. The lowest BCUT2D eigenvalue weighted by molar-refractivity contribution is -0.0253. The van der Waals surface area contributed by atoms with E-state index >= 15 is 0 Å². The molecule has 0 radical (unpaired) electrons. The van der Waals surface area contributed by atoms with Crippen LogP contribution in [0.25, 0.3) is 10.9 Å².